The number of rotatable bonds is 11. The van der Waals surface area contributed by atoms with Crippen molar-refractivity contribution < 1.29 is 39.9 Å². The number of hydrogen-bond donors (Lipinski definition) is 3. The van der Waals surface area contributed by atoms with Gasteiger partial charge in [-0.1, -0.05) is 23.9 Å². The number of azo groups is 1. The first-order chi connectivity index (χ1) is 21.4. The lowest BCUT2D eigenvalue weighted by atomic mass is 10.1. The van der Waals surface area contributed by atoms with Crippen LogP contribution in [0.5, 0.6) is 0 Å². The third kappa shape index (κ3) is 9.71. The number of halogens is 1. The maximum Gasteiger partial charge on any atom is 0.433 e. The Morgan fingerprint density at radius 2 is 1.73 bits per heavy atom. The van der Waals surface area contributed by atoms with Gasteiger partial charge in [-0.15, -0.1) is 10.2 Å². The first-order valence-electron chi connectivity index (χ1n) is 11.7. The normalized spacial score (nSPS) is 11.9. The molecule has 16 nitrogen and oxygen atoms in total. The molecule has 0 aliphatic carbocycles. The van der Waals surface area contributed by atoms with Gasteiger partial charge in [0.25, 0.3) is 10.1 Å². The van der Waals surface area contributed by atoms with Crippen LogP contribution in [0.4, 0.5) is 28.7 Å². The number of benzene rings is 3. The fourth-order valence-corrected chi connectivity index (χ4v) is 5.49. The molecule has 1 aromatic heterocycles. The van der Waals surface area contributed by atoms with E-state index in [-0.39, 0.29) is 33.7 Å². The fourth-order valence-electron chi connectivity index (χ4n) is 3.45. The molecule has 0 amide bonds. The molecular weight excluding hydrogens is 694 g/mol. The average Bonchev–Trinajstić information content (AvgIpc) is 2.97. The summed E-state index contributed by atoms with van der Waals surface area (Å²) >= 11 is 8.13. The van der Waals surface area contributed by atoms with Crippen molar-refractivity contribution in [1.82, 2.24) is 15.0 Å². The molecule has 0 saturated carbocycles. The molecule has 3 aromatic carbocycles. The van der Waals surface area contributed by atoms with Crippen molar-refractivity contribution in [1.29, 1.82) is 0 Å². The third-order valence-electron chi connectivity index (χ3n) is 5.12. The minimum Gasteiger partial charge on any atom is -0.486 e. The standard InChI is InChI=1S/C24H18ClN7O9S4/c1-39-13-26-20-12-15(27-23-28-22(25)29-24(30-23)42-2)4-8-18(20)31-32-19-7-3-14-11-16(43-10-9-40-41-45(36,37)38)5-6-17(14)21(19)44(33,34)35/h3-8,11-13H,1-2H3,(H,33,34,35)(H,36,37,38)(H,27,28,29,30). The van der Waals surface area contributed by atoms with Gasteiger partial charge in [0.15, 0.2) is 17.7 Å². The molecule has 4 aromatic rings. The molecule has 0 aliphatic heterocycles. The zero-order valence-electron chi connectivity index (χ0n) is 22.6. The minimum absolute atomic E-state index is 0.00652. The molecule has 0 bridgehead atoms. The molecule has 234 valence electrons. The second kappa shape index (κ2) is 14.8. The fraction of sp³-hybridized carbons (Fsp3) is 0.0833. The lowest BCUT2D eigenvalue weighted by Crippen LogP contribution is -2.01. The second-order valence-electron chi connectivity index (χ2n) is 8.07. The highest BCUT2D eigenvalue weighted by molar-refractivity contribution is 8.04. The number of fused-ring (bicyclic) bond motifs is 1. The second-order valence-corrected chi connectivity index (χ2v) is 12.4. The molecule has 0 radical (unpaired) electrons. The highest BCUT2D eigenvalue weighted by Gasteiger charge is 2.20. The summed E-state index contributed by atoms with van der Waals surface area (Å²) in [5, 5.41) is 14.6. The van der Waals surface area contributed by atoms with Crippen molar-refractivity contribution in [3.8, 4) is 11.4 Å². The summed E-state index contributed by atoms with van der Waals surface area (Å²) in [5.41, 5.74) is 0.846. The van der Waals surface area contributed by atoms with E-state index in [1.54, 1.807) is 36.6 Å². The van der Waals surface area contributed by atoms with Crippen LogP contribution in [0.3, 0.4) is 0 Å². The van der Waals surface area contributed by atoms with Gasteiger partial charge in [0, 0.05) is 21.2 Å². The van der Waals surface area contributed by atoms with E-state index in [9.17, 15) is 21.4 Å². The largest absolute Gasteiger partial charge is 0.486 e. The third-order valence-corrected chi connectivity index (χ3v) is 7.69. The van der Waals surface area contributed by atoms with E-state index in [1.807, 2.05) is 6.11 Å². The molecule has 21 heteroatoms. The summed E-state index contributed by atoms with van der Waals surface area (Å²) in [6, 6.07) is 12.1. The number of ether oxygens (including phenoxy) is 1. The minimum atomic E-state index is -4.83. The van der Waals surface area contributed by atoms with Crippen molar-refractivity contribution in [3.63, 3.8) is 0 Å². The van der Waals surface area contributed by atoms with Crippen LogP contribution in [0, 0.1) is 11.4 Å². The van der Waals surface area contributed by atoms with Gasteiger partial charge in [-0.05, 0) is 75.7 Å². The van der Waals surface area contributed by atoms with E-state index in [2.05, 4.69) is 50.0 Å². The maximum atomic E-state index is 12.4. The molecule has 0 atom stereocenters. The SMILES string of the molecule is COC=Nc1cc(Nc2nc(Cl)nc(SC)n2)ccc1N=Nc1ccc2cc(SC#COOS(=O)(=O)O)ccc2c1S(=O)(=O)O. The number of aliphatic imine (C=N–C) groups is 1. The number of methoxy groups -OCH3 is 1. The van der Waals surface area contributed by atoms with Crippen LogP contribution >= 0.6 is 35.1 Å². The van der Waals surface area contributed by atoms with E-state index < -0.39 is 25.4 Å². The molecule has 0 saturated heterocycles. The molecule has 0 fully saturated rings. The Balaban J connectivity index is 1.65. The predicted octanol–water partition coefficient (Wildman–Crippen LogP) is 5.87. The van der Waals surface area contributed by atoms with E-state index in [1.165, 1.54) is 37.1 Å². The predicted molar refractivity (Wildman–Crippen MR) is 167 cm³/mol. The Morgan fingerprint density at radius 1 is 0.978 bits per heavy atom. The topological polar surface area (TPSA) is 224 Å². The molecule has 0 aliphatic rings. The Labute approximate surface area is 269 Å². The van der Waals surface area contributed by atoms with Gasteiger partial charge in [-0.3, -0.25) is 14.0 Å². The molecular formula is C24H18ClN7O9S4. The number of thioether (sulfide) groups is 2. The van der Waals surface area contributed by atoms with Crippen molar-refractivity contribution in [3.05, 3.63) is 53.8 Å². The molecule has 1 heterocycles. The Kier molecular flexibility index (Phi) is 11.1. The van der Waals surface area contributed by atoms with Crippen LogP contribution in [0.2, 0.25) is 5.28 Å². The lowest BCUT2D eigenvalue weighted by molar-refractivity contribution is -0.135. The van der Waals surface area contributed by atoms with Crippen LogP contribution in [-0.2, 0) is 34.5 Å². The molecule has 0 spiro atoms. The van der Waals surface area contributed by atoms with Crippen LogP contribution in [0.15, 0.2) is 78.7 Å². The van der Waals surface area contributed by atoms with Crippen molar-refractivity contribution in [2.45, 2.75) is 14.9 Å². The molecule has 4 rings (SSSR count). The van der Waals surface area contributed by atoms with Crippen LogP contribution in [0.1, 0.15) is 0 Å². The van der Waals surface area contributed by atoms with E-state index in [4.69, 9.17) is 20.9 Å². The zero-order valence-corrected chi connectivity index (χ0v) is 26.7. The highest BCUT2D eigenvalue weighted by atomic mass is 35.5. The number of aromatic nitrogens is 3. The Hall–Kier alpha value is -4.07. The quantitative estimate of drug-likeness (QED) is 0.0242. The monoisotopic (exact) mass is 711 g/mol. The Bertz CT molecular complexity index is 2090. The summed E-state index contributed by atoms with van der Waals surface area (Å²) in [6.07, 6.45) is 4.86. The molecule has 0 unspecified atom stereocenters. The number of anilines is 2. The van der Waals surface area contributed by atoms with Gasteiger partial charge >= 0.3 is 10.4 Å². The van der Waals surface area contributed by atoms with Crippen molar-refractivity contribution in [2.24, 2.45) is 15.2 Å². The van der Waals surface area contributed by atoms with Crippen molar-refractivity contribution in [2.75, 3.05) is 18.7 Å². The summed E-state index contributed by atoms with van der Waals surface area (Å²) in [6.45, 7) is 0. The highest BCUT2D eigenvalue weighted by Crippen LogP contribution is 2.37. The van der Waals surface area contributed by atoms with Gasteiger partial charge in [-0.2, -0.15) is 31.8 Å². The first kappa shape index (κ1) is 33.8. The summed E-state index contributed by atoms with van der Waals surface area (Å²) in [7, 11) is -8.21. The van der Waals surface area contributed by atoms with Crippen LogP contribution in [-0.4, -0.2) is 60.7 Å². The van der Waals surface area contributed by atoms with Gasteiger partial charge in [-0.25, -0.2) is 4.99 Å². The van der Waals surface area contributed by atoms with E-state index in [0.29, 0.717) is 21.1 Å². The Morgan fingerprint density at radius 3 is 2.44 bits per heavy atom. The zero-order chi connectivity index (χ0) is 32.6. The number of nitrogens with one attached hydrogen (secondary N) is 1. The maximum absolute atomic E-state index is 12.4. The molecule has 45 heavy (non-hydrogen) atoms. The number of nitrogens with zero attached hydrogens (tertiary/aromatic N) is 6. The summed E-state index contributed by atoms with van der Waals surface area (Å²) in [4.78, 5) is 20.5. The summed E-state index contributed by atoms with van der Waals surface area (Å²) in [5.74, 6) is 0.192. The van der Waals surface area contributed by atoms with E-state index >= 15 is 0 Å². The van der Waals surface area contributed by atoms with Gasteiger partial charge < -0.3 is 10.1 Å². The van der Waals surface area contributed by atoms with E-state index in [0.717, 1.165) is 18.2 Å². The van der Waals surface area contributed by atoms with Gasteiger partial charge in [0.1, 0.15) is 16.3 Å². The van der Waals surface area contributed by atoms with Crippen LogP contribution in [0.25, 0.3) is 10.8 Å². The summed E-state index contributed by atoms with van der Waals surface area (Å²) < 4.78 is 72.9. The average molecular weight is 712 g/mol. The first-order valence-corrected chi connectivity index (χ1v) is 17.0. The lowest BCUT2D eigenvalue weighted by Gasteiger charge is -2.09. The van der Waals surface area contributed by atoms with Crippen LogP contribution < -0.4 is 5.32 Å². The van der Waals surface area contributed by atoms with Crippen molar-refractivity contribution >= 4 is 102 Å². The smallest absolute Gasteiger partial charge is 0.433 e. The van der Waals surface area contributed by atoms with Gasteiger partial charge in [0.2, 0.25) is 11.2 Å². The van der Waals surface area contributed by atoms with Gasteiger partial charge in [0.05, 0.1) is 12.8 Å². The molecule has 3 N–H and O–H groups in total. The number of hydrogen-bond acceptors (Lipinski definition) is 16.